The molecule has 1 aliphatic heterocycles. The Morgan fingerprint density at radius 3 is 2.65 bits per heavy atom. The summed E-state index contributed by atoms with van der Waals surface area (Å²) in [5.74, 6) is 2.95. The van der Waals surface area contributed by atoms with Gasteiger partial charge in [0.15, 0.2) is 0 Å². The Morgan fingerprint density at radius 1 is 1.05 bits per heavy atom. The zero-order chi connectivity index (χ0) is 26.0. The molecule has 6 heteroatoms. The molecule has 2 aromatic carbocycles. The number of rotatable bonds is 13. The fraction of sp³-hybridized carbons (Fsp3) is 0.613. The third-order valence-corrected chi connectivity index (χ3v) is 8.05. The van der Waals surface area contributed by atoms with Crippen LogP contribution in [0, 0.1) is 5.92 Å². The Kier molecular flexibility index (Phi) is 10.5. The van der Waals surface area contributed by atoms with E-state index >= 15 is 0 Å². The number of benzene rings is 2. The highest BCUT2D eigenvalue weighted by Crippen LogP contribution is 2.41. The van der Waals surface area contributed by atoms with E-state index in [-0.39, 0.29) is 6.10 Å². The first-order valence-corrected chi connectivity index (χ1v) is 13.9. The average molecular weight is 512 g/mol. The van der Waals surface area contributed by atoms with E-state index in [1.807, 2.05) is 0 Å². The van der Waals surface area contributed by atoms with Gasteiger partial charge in [-0.05, 0) is 86.8 Å². The molecule has 0 N–H and O–H groups in total. The van der Waals surface area contributed by atoms with Crippen LogP contribution in [0.2, 0.25) is 0 Å². The largest absolute Gasteiger partial charge is 0.497 e. The van der Waals surface area contributed by atoms with Crippen LogP contribution in [0.3, 0.4) is 0 Å². The summed E-state index contributed by atoms with van der Waals surface area (Å²) in [4.78, 5) is 2.41. The topological polar surface area (TPSA) is 49.4 Å². The molecule has 4 rings (SSSR count). The molecule has 0 aromatic heterocycles. The van der Waals surface area contributed by atoms with Crippen molar-refractivity contribution in [3.63, 3.8) is 0 Å². The van der Waals surface area contributed by atoms with E-state index in [4.69, 9.17) is 23.7 Å². The zero-order valence-electron chi connectivity index (χ0n) is 23.1. The van der Waals surface area contributed by atoms with Crippen molar-refractivity contribution in [1.82, 2.24) is 0 Å². The Balaban J connectivity index is 1.43. The molecule has 37 heavy (non-hydrogen) atoms. The van der Waals surface area contributed by atoms with Crippen LogP contribution < -0.4 is 14.4 Å². The highest BCUT2D eigenvalue weighted by Gasteiger charge is 2.32. The minimum atomic E-state index is 0.203. The number of methoxy groups -OCH3 is 3. The van der Waals surface area contributed by atoms with Crippen LogP contribution in [0.15, 0.2) is 42.5 Å². The van der Waals surface area contributed by atoms with E-state index in [9.17, 15) is 0 Å². The van der Waals surface area contributed by atoms with E-state index in [0.29, 0.717) is 24.5 Å². The quantitative estimate of drug-likeness (QED) is 0.298. The normalized spacial score (nSPS) is 22.3. The second-order valence-corrected chi connectivity index (χ2v) is 10.5. The van der Waals surface area contributed by atoms with Crippen LogP contribution in [0.25, 0.3) is 0 Å². The molecule has 2 aromatic rings. The first-order chi connectivity index (χ1) is 18.1. The van der Waals surface area contributed by atoms with Crippen LogP contribution >= 0.6 is 0 Å². The van der Waals surface area contributed by atoms with Crippen molar-refractivity contribution in [3.8, 4) is 11.5 Å². The van der Waals surface area contributed by atoms with Crippen molar-refractivity contribution in [1.29, 1.82) is 0 Å². The van der Waals surface area contributed by atoms with Crippen molar-refractivity contribution in [2.24, 2.45) is 5.92 Å². The number of nitrogens with zero attached hydrogens (tertiary/aromatic N) is 1. The van der Waals surface area contributed by atoms with E-state index < -0.39 is 0 Å². The molecule has 4 atom stereocenters. The minimum absolute atomic E-state index is 0.203. The van der Waals surface area contributed by atoms with Gasteiger partial charge < -0.3 is 28.6 Å². The summed E-state index contributed by atoms with van der Waals surface area (Å²) in [5.41, 5.74) is 3.72. The smallest absolute Gasteiger partial charge is 0.142 e. The Morgan fingerprint density at radius 2 is 1.89 bits per heavy atom. The van der Waals surface area contributed by atoms with Gasteiger partial charge in [-0.2, -0.15) is 0 Å². The molecule has 0 radical (unpaired) electrons. The highest BCUT2D eigenvalue weighted by atomic mass is 16.5. The maximum Gasteiger partial charge on any atom is 0.142 e. The highest BCUT2D eigenvalue weighted by molar-refractivity contribution is 5.61. The summed E-state index contributed by atoms with van der Waals surface area (Å²) in [5, 5.41) is 0. The fourth-order valence-corrected chi connectivity index (χ4v) is 5.73. The molecule has 1 heterocycles. The van der Waals surface area contributed by atoms with Gasteiger partial charge in [-0.3, -0.25) is 0 Å². The first kappa shape index (κ1) is 27.7. The molecular weight excluding hydrogens is 466 g/mol. The standard InChI is InChI=1S/C31H45NO5/c1-23(34-3)6-7-24-8-14-30(28(20-24)26-10-12-27(35-4)13-11-26)37-22-25-9-15-31-29(21-25)32(17-19-36-31)16-5-18-33-2/h9-13,15,21,23-24,28,30H,5-8,14,16-20,22H2,1-4H3/t23?,24-,28-,30+/m1/s1. The van der Waals surface area contributed by atoms with E-state index in [2.05, 4.69) is 54.3 Å². The molecule has 1 aliphatic carbocycles. The maximum absolute atomic E-state index is 6.68. The molecule has 0 bridgehead atoms. The minimum Gasteiger partial charge on any atom is -0.497 e. The maximum atomic E-state index is 6.68. The van der Waals surface area contributed by atoms with Crippen LogP contribution in [0.1, 0.15) is 62.5 Å². The lowest BCUT2D eigenvalue weighted by atomic mass is 9.74. The van der Waals surface area contributed by atoms with Gasteiger partial charge in [-0.15, -0.1) is 0 Å². The second-order valence-electron chi connectivity index (χ2n) is 10.5. The number of hydrogen-bond acceptors (Lipinski definition) is 6. The second kappa shape index (κ2) is 14.0. The fourth-order valence-electron chi connectivity index (χ4n) is 5.73. The van der Waals surface area contributed by atoms with Crippen LogP contribution in [-0.4, -0.2) is 59.8 Å². The van der Waals surface area contributed by atoms with Gasteiger partial charge in [0.25, 0.3) is 0 Å². The summed E-state index contributed by atoms with van der Waals surface area (Å²) in [6.45, 7) is 6.16. The number of hydrogen-bond donors (Lipinski definition) is 0. The molecule has 204 valence electrons. The lowest BCUT2D eigenvalue weighted by molar-refractivity contribution is -0.0110. The van der Waals surface area contributed by atoms with Crippen molar-refractivity contribution >= 4 is 5.69 Å². The van der Waals surface area contributed by atoms with E-state index in [0.717, 1.165) is 63.5 Å². The SMILES string of the molecule is COCCCN1CCOc2ccc(CO[C@H]3CC[C@@H](CCC(C)OC)C[C@@H]3c3ccc(OC)cc3)cc21. The lowest BCUT2D eigenvalue weighted by Crippen LogP contribution is -2.34. The molecule has 1 saturated carbocycles. The van der Waals surface area contributed by atoms with Crippen LogP contribution in [0.4, 0.5) is 5.69 Å². The summed E-state index contributed by atoms with van der Waals surface area (Å²) < 4.78 is 28.8. The molecule has 6 nitrogen and oxygen atoms in total. The van der Waals surface area contributed by atoms with Gasteiger partial charge in [-0.1, -0.05) is 18.2 Å². The monoisotopic (exact) mass is 511 g/mol. The zero-order valence-corrected chi connectivity index (χ0v) is 23.1. The molecule has 0 spiro atoms. The van der Waals surface area contributed by atoms with Gasteiger partial charge in [0.1, 0.15) is 18.1 Å². The Labute approximate surface area is 223 Å². The van der Waals surface area contributed by atoms with Gasteiger partial charge in [-0.25, -0.2) is 0 Å². The number of anilines is 1. The van der Waals surface area contributed by atoms with E-state index in [1.54, 1.807) is 21.3 Å². The van der Waals surface area contributed by atoms with Gasteiger partial charge >= 0.3 is 0 Å². The molecule has 0 saturated heterocycles. The molecule has 1 fully saturated rings. The van der Waals surface area contributed by atoms with Gasteiger partial charge in [0, 0.05) is 33.3 Å². The first-order valence-electron chi connectivity index (χ1n) is 13.9. The Bertz CT molecular complexity index is 949. The number of fused-ring (bicyclic) bond motifs is 1. The van der Waals surface area contributed by atoms with Crippen molar-refractivity contribution < 1.29 is 23.7 Å². The number of ether oxygens (including phenoxy) is 5. The molecule has 2 aliphatic rings. The van der Waals surface area contributed by atoms with Crippen molar-refractivity contribution in [2.75, 3.05) is 52.5 Å². The van der Waals surface area contributed by atoms with Crippen molar-refractivity contribution in [2.45, 2.75) is 70.2 Å². The third-order valence-electron chi connectivity index (χ3n) is 8.05. The predicted molar refractivity (Wildman–Crippen MR) is 148 cm³/mol. The molecular formula is C31H45NO5. The predicted octanol–water partition coefficient (Wildman–Crippen LogP) is 6.21. The average Bonchev–Trinajstić information content (AvgIpc) is 2.95. The van der Waals surface area contributed by atoms with Gasteiger partial charge in [0.2, 0.25) is 0 Å². The lowest BCUT2D eigenvalue weighted by Gasteiger charge is -2.37. The molecule has 0 amide bonds. The summed E-state index contributed by atoms with van der Waals surface area (Å²) in [6.07, 6.45) is 7.28. The van der Waals surface area contributed by atoms with Crippen LogP contribution in [0.5, 0.6) is 11.5 Å². The Hall–Kier alpha value is -2.28. The summed E-state index contributed by atoms with van der Waals surface area (Å²) in [6, 6.07) is 15.1. The van der Waals surface area contributed by atoms with Crippen molar-refractivity contribution in [3.05, 3.63) is 53.6 Å². The molecule has 1 unspecified atom stereocenters. The van der Waals surface area contributed by atoms with E-state index in [1.165, 1.54) is 29.7 Å². The van der Waals surface area contributed by atoms with Crippen LogP contribution in [-0.2, 0) is 20.8 Å². The van der Waals surface area contributed by atoms with Gasteiger partial charge in [0.05, 0.1) is 38.2 Å². The summed E-state index contributed by atoms with van der Waals surface area (Å²) >= 11 is 0. The summed E-state index contributed by atoms with van der Waals surface area (Å²) in [7, 11) is 5.29. The third kappa shape index (κ3) is 7.62.